The zero-order chi connectivity index (χ0) is 21.1. The number of carbonyl (C=O) groups excluding carboxylic acids is 1. The molecule has 0 amide bonds. The van der Waals surface area contributed by atoms with Gasteiger partial charge in [-0.15, -0.1) is 0 Å². The molecule has 154 valence electrons. The van der Waals surface area contributed by atoms with Crippen LogP contribution in [0, 0.1) is 0 Å². The molecule has 0 saturated heterocycles. The monoisotopic (exact) mass is 466 g/mol. The highest BCUT2D eigenvalue weighted by molar-refractivity contribution is 9.10. The number of benzene rings is 3. The first-order valence-electron chi connectivity index (χ1n) is 9.68. The van der Waals surface area contributed by atoms with Crippen LogP contribution in [0.1, 0.15) is 28.9 Å². The summed E-state index contributed by atoms with van der Waals surface area (Å²) in [6.45, 7) is 0.123. The van der Waals surface area contributed by atoms with E-state index >= 15 is 0 Å². The van der Waals surface area contributed by atoms with Gasteiger partial charge in [0, 0.05) is 15.7 Å². The molecule has 2 atom stereocenters. The Morgan fingerprint density at radius 1 is 1.00 bits per heavy atom. The molecule has 0 radical (unpaired) electrons. The second kappa shape index (κ2) is 8.90. The van der Waals surface area contributed by atoms with Gasteiger partial charge in [0.2, 0.25) is 0 Å². The lowest BCUT2D eigenvalue weighted by Gasteiger charge is -2.44. The molecule has 3 aromatic carbocycles. The molecule has 1 aliphatic heterocycles. The summed E-state index contributed by atoms with van der Waals surface area (Å²) in [5, 5.41) is 3.61. The number of fused-ring (bicyclic) bond motifs is 1. The van der Waals surface area contributed by atoms with Crippen molar-refractivity contribution in [1.82, 2.24) is 4.90 Å². The number of hydrogen-bond donors (Lipinski definition) is 1. The van der Waals surface area contributed by atoms with Crippen LogP contribution in [-0.4, -0.2) is 31.6 Å². The van der Waals surface area contributed by atoms with Gasteiger partial charge < -0.3 is 14.8 Å². The van der Waals surface area contributed by atoms with Gasteiger partial charge in [0.25, 0.3) is 0 Å². The molecule has 0 spiro atoms. The van der Waals surface area contributed by atoms with E-state index in [2.05, 4.69) is 50.4 Å². The molecule has 3 aromatic rings. The highest BCUT2D eigenvalue weighted by Crippen LogP contribution is 2.46. The van der Waals surface area contributed by atoms with Crippen molar-refractivity contribution in [2.45, 2.75) is 12.2 Å². The lowest BCUT2D eigenvalue weighted by Crippen LogP contribution is -2.44. The number of esters is 1. The van der Waals surface area contributed by atoms with Crippen LogP contribution in [0.3, 0.4) is 0 Å². The smallest absolute Gasteiger partial charge is 0.319 e. The molecule has 6 heteroatoms. The van der Waals surface area contributed by atoms with Crippen molar-refractivity contribution < 1.29 is 14.3 Å². The van der Waals surface area contributed by atoms with Crippen molar-refractivity contribution in [3.05, 3.63) is 94.0 Å². The molecule has 0 fully saturated rings. The Bertz CT molecular complexity index is 1040. The van der Waals surface area contributed by atoms with Crippen LogP contribution in [0.2, 0.25) is 0 Å². The SMILES string of the molecule is COC(=O)CN1[C@H](c2ccccc2)c2cc(Br)ccc2N[C@@H]1c1ccccc1OC. The van der Waals surface area contributed by atoms with Crippen LogP contribution >= 0.6 is 15.9 Å². The van der Waals surface area contributed by atoms with E-state index < -0.39 is 0 Å². The topological polar surface area (TPSA) is 50.8 Å². The van der Waals surface area contributed by atoms with Crippen molar-refractivity contribution in [3.8, 4) is 5.75 Å². The summed E-state index contributed by atoms with van der Waals surface area (Å²) in [5.74, 6) is 0.466. The number of nitrogens with zero attached hydrogens (tertiary/aromatic N) is 1. The van der Waals surface area contributed by atoms with Crippen LogP contribution in [0.25, 0.3) is 0 Å². The van der Waals surface area contributed by atoms with Crippen molar-refractivity contribution in [3.63, 3.8) is 0 Å². The maximum atomic E-state index is 12.4. The highest BCUT2D eigenvalue weighted by Gasteiger charge is 2.38. The van der Waals surface area contributed by atoms with Gasteiger partial charge in [0.1, 0.15) is 11.9 Å². The molecule has 30 heavy (non-hydrogen) atoms. The standard InChI is InChI=1S/C24H23BrN2O3/c1-29-21-11-7-6-10-18(21)24-26-20-13-12-17(25)14-19(20)23(16-8-4-3-5-9-16)27(24)15-22(28)30-2/h3-14,23-24,26H,15H2,1-2H3/t23-,24+/m1/s1. The minimum Gasteiger partial charge on any atom is -0.496 e. The average molecular weight is 467 g/mol. The first kappa shape index (κ1) is 20.4. The quantitative estimate of drug-likeness (QED) is 0.527. The maximum Gasteiger partial charge on any atom is 0.319 e. The Morgan fingerprint density at radius 3 is 2.47 bits per heavy atom. The van der Waals surface area contributed by atoms with Gasteiger partial charge in [-0.2, -0.15) is 0 Å². The van der Waals surface area contributed by atoms with Crippen LogP contribution < -0.4 is 10.1 Å². The first-order valence-corrected chi connectivity index (χ1v) is 10.5. The lowest BCUT2D eigenvalue weighted by molar-refractivity contribution is -0.143. The summed E-state index contributed by atoms with van der Waals surface area (Å²) in [6, 6.07) is 24.1. The summed E-state index contributed by atoms with van der Waals surface area (Å²) in [5.41, 5.74) is 4.16. The van der Waals surface area contributed by atoms with Crippen molar-refractivity contribution in [2.75, 3.05) is 26.1 Å². The number of ether oxygens (including phenoxy) is 2. The largest absolute Gasteiger partial charge is 0.496 e. The van der Waals surface area contributed by atoms with Crippen LogP contribution in [0.4, 0.5) is 5.69 Å². The summed E-state index contributed by atoms with van der Waals surface area (Å²) in [6.07, 6.45) is -0.279. The predicted octanol–water partition coefficient (Wildman–Crippen LogP) is 5.15. The third-order valence-corrected chi connectivity index (χ3v) is 5.85. The van der Waals surface area contributed by atoms with Crippen molar-refractivity contribution >= 4 is 27.6 Å². The Hall–Kier alpha value is -2.83. The average Bonchev–Trinajstić information content (AvgIpc) is 2.79. The number of hydrogen-bond acceptors (Lipinski definition) is 5. The van der Waals surface area contributed by atoms with E-state index in [1.165, 1.54) is 7.11 Å². The van der Waals surface area contributed by atoms with Crippen molar-refractivity contribution in [1.29, 1.82) is 0 Å². The molecule has 0 aromatic heterocycles. The number of halogens is 1. The lowest BCUT2D eigenvalue weighted by atomic mass is 9.91. The minimum atomic E-state index is -0.295. The van der Waals surface area contributed by atoms with E-state index in [1.807, 2.05) is 48.5 Å². The zero-order valence-electron chi connectivity index (χ0n) is 16.8. The van der Waals surface area contributed by atoms with Gasteiger partial charge in [0.05, 0.1) is 26.8 Å². The molecular weight excluding hydrogens is 444 g/mol. The summed E-state index contributed by atoms with van der Waals surface area (Å²) in [4.78, 5) is 14.6. The fourth-order valence-electron chi connectivity index (χ4n) is 4.00. The number of carbonyl (C=O) groups is 1. The number of para-hydroxylation sites is 1. The second-order valence-corrected chi connectivity index (χ2v) is 8.00. The second-order valence-electron chi connectivity index (χ2n) is 7.08. The summed E-state index contributed by atoms with van der Waals surface area (Å²) in [7, 11) is 3.08. The van der Waals surface area contributed by atoms with E-state index in [0.29, 0.717) is 0 Å². The van der Waals surface area contributed by atoms with Gasteiger partial charge >= 0.3 is 5.97 Å². The number of rotatable bonds is 5. The number of nitrogens with one attached hydrogen (secondary N) is 1. The fourth-order valence-corrected chi connectivity index (χ4v) is 4.38. The molecular formula is C24H23BrN2O3. The molecule has 5 nitrogen and oxygen atoms in total. The van der Waals surface area contributed by atoms with E-state index in [1.54, 1.807) is 7.11 Å². The fraction of sp³-hybridized carbons (Fsp3) is 0.208. The van der Waals surface area contributed by atoms with Crippen LogP contribution in [0.5, 0.6) is 5.75 Å². The molecule has 0 aliphatic carbocycles. The van der Waals surface area contributed by atoms with Gasteiger partial charge in [-0.3, -0.25) is 9.69 Å². The summed E-state index contributed by atoms with van der Waals surface area (Å²) < 4.78 is 11.7. The van der Waals surface area contributed by atoms with Gasteiger partial charge in [0.15, 0.2) is 0 Å². The van der Waals surface area contributed by atoms with Gasteiger partial charge in [-0.25, -0.2) is 0 Å². The number of methoxy groups -OCH3 is 2. The third kappa shape index (κ3) is 3.93. The molecule has 0 unspecified atom stereocenters. The first-order chi connectivity index (χ1) is 14.6. The third-order valence-electron chi connectivity index (χ3n) is 5.35. The van der Waals surface area contributed by atoms with E-state index in [4.69, 9.17) is 9.47 Å². The Kier molecular flexibility index (Phi) is 6.06. The highest BCUT2D eigenvalue weighted by atomic mass is 79.9. The van der Waals surface area contributed by atoms with E-state index in [0.717, 1.165) is 32.6 Å². The van der Waals surface area contributed by atoms with Gasteiger partial charge in [-0.05, 0) is 35.4 Å². The molecule has 1 aliphatic rings. The molecule has 4 rings (SSSR count). The molecule has 0 bridgehead atoms. The van der Waals surface area contributed by atoms with E-state index in [9.17, 15) is 4.79 Å². The van der Waals surface area contributed by atoms with Gasteiger partial charge in [-0.1, -0.05) is 64.5 Å². The Labute approximate surface area is 184 Å². The van der Waals surface area contributed by atoms with Crippen molar-refractivity contribution in [2.24, 2.45) is 0 Å². The Balaban J connectivity index is 1.92. The Morgan fingerprint density at radius 2 is 1.73 bits per heavy atom. The number of anilines is 1. The molecule has 1 N–H and O–H groups in total. The minimum absolute atomic E-state index is 0.123. The van der Waals surface area contributed by atoms with E-state index in [-0.39, 0.29) is 24.7 Å². The van der Waals surface area contributed by atoms with Crippen LogP contribution in [0.15, 0.2) is 77.3 Å². The molecule has 0 saturated carbocycles. The molecule has 1 heterocycles. The normalized spacial score (nSPS) is 18.2. The maximum absolute atomic E-state index is 12.4. The zero-order valence-corrected chi connectivity index (χ0v) is 18.4. The van der Waals surface area contributed by atoms with Crippen LogP contribution in [-0.2, 0) is 9.53 Å². The summed E-state index contributed by atoms with van der Waals surface area (Å²) >= 11 is 3.60. The predicted molar refractivity (Wildman–Crippen MR) is 121 cm³/mol.